The van der Waals surface area contributed by atoms with Crippen LogP contribution in [0.15, 0.2) is 48.5 Å². The van der Waals surface area contributed by atoms with Crippen LogP contribution in [-0.2, 0) is 12.8 Å². The minimum atomic E-state index is -4.37. The van der Waals surface area contributed by atoms with E-state index < -0.39 is 11.7 Å². The van der Waals surface area contributed by atoms with Crippen molar-refractivity contribution >= 4 is 10.9 Å². The molecule has 1 unspecified atom stereocenters. The molecule has 0 radical (unpaired) electrons. The van der Waals surface area contributed by atoms with Gasteiger partial charge >= 0.3 is 6.18 Å². The van der Waals surface area contributed by atoms with Crippen LogP contribution in [0.25, 0.3) is 22.2 Å². The van der Waals surface area contributed by atoms with Gasteiger partial charge in [-0.3, -0.25) is 0 Å². The molecular weight excluding hydrogens is 365 g/mol. The average Bonchev–Trinajstić information content (AvgIpc) is 2.72. The molecule has 1 fully saturated rings. The zero-order valence-electron chi connectivity index (χ0n) is 15.3. The Hall–Kier alpha value is -2.44. The normalized spacial score (nSPS) is 17.8. The zero-order chi connectivity index (χ0) is 19.7. The van der Waals surface area contributed by atoms with Gasteiger partial charge in [-0.15, -0.1) is 0 Å². The van der Waals surface area contributed by atoms with Crippen LogP contribution >= 0.6 is 0 Å². The molecular formula is C22H21F3N2O. The van der Waals surface area contributed by atoms with Crippen molar-refractivity contribution in [3.8, 4) is 11.3 Å². The summed E-state index contributed by atoms with van der Waals surface area (Å²) in [7, 11) is 0. The van der Waals surface area contributed by atoms with Crippen molar-refractivity contribution in [3.05, 3.63) is 65.2 Å². The van der Waals surface area contributed by atoms with E-state index in [2.05, 4.69) is 16.4 Å². The van der Waals surface area contributed by atoms with Crippen molar-refractivity contribution in [2.75, 3.05) is 6.54 Å². The third-order valence-electron chi connectivity index (χ3n) is 5.31. The second-order valence-corrected chi connectivity index (χ2v) is 7.14. The van der Waals surface area contributed by atoms with Crippen molar-refractivity contribution in [3.63, 3.8) is 0 Å². The number of hydrogen-bond donors (Lipinski definition) is 2. The van der Waals surface area contributed by atoms with E-state index >= 15 is 0 Å². The first-order chi connectivity index (χ1) is 13.5. The number of aliphatic hydroxyl groups excluding tert-OH is 1. The second-order valence-electron chi connectivity index (χ2n) is 7.14. The average molecular weight is 386 g/mol. The fraction of sp³-hybridized carbons (Fsp3) is 0.318. The molecule has 3 aromatic rings. The lowest BCUT2D eigenvalue weighted by atomic mass is 9.91. The molecule has 28 heavy (non-hydrogen) atoms. The summed E-state index contributed by atoms with van der Waals surface area (Å²) in [6, 6.07) is 12.8. The summed E-state index contributed by atoms with van der Waals surface area (Å²) in [6.45, 7) is 0.808. The maximum Gasteiger partial charge on any atom is 0.416 e. The van der Waals surface area contributed by atoms with Gasteiger partial charge < -0.3 is 10.4 Å². The van der Waals surface area contributed by atoms with Crippen LogP contribution < -0.4 is 5.32 Å². The van der Waals surface area contributed by atoms with Crippen molar-refractivity contribution in [1.29, 1.82) is 0 Å². The number of hydrogen-bond acceptors (Lipinski definition) is 3. The molecule has 0 bridgehead atoms. The number of piperidine rings is 1. The highest BCUT2D eigenvalue weighted by atomic mass is 19.4. The number of benzene rings is 2. The highest BCUT2D eigenvalue weighted by molar-refractivity contribution is 5.88. The number of aromatic nitrogens is 1. The summed E-state index contributed by atoms with van der Waals surface area (Å²) in [5, 5.41) is 14.4. The molecule has 1 aliphatic rings. The molecule has 1 aromatic heterocycles. The first-order valence-corrected chi connectivity index (χ1v) is 9.42. The van der Waals surface area contributed by atoms with Gasteiger partial charge in [0, 0.05) is 17.0 Å². The Balaban J connectivity index is 1.79. The SMILES string of the molecule is OCc1cc(-c2ccc(C(F)(F)F)cc2)nc2cccc(C3CCCCN3)c12. The van der Waals surface area contributed by atoms with Crippen LogP contribution in [0, 0.1) is 0 Å². The number of rotatable bonds is 3. The van der Waals surface area contributed by atoms with E-state index in [1.165, 1.54) is 12.1 Å². The van der Waals surface area contributed by atoms with Crippen molar-refractivity contribution in [2.24, 2.45) is 0 Å². The third kappa shape index (κ3) is 3.62. The Morgan fingerprint density at radius 3 is 2.50 bits per heavy atom. The van der Waals surface area contributed by atoms with Gasteiger partial charge in [-0.1, -0.05) is 30.7 Å². The zero-order valence-corrected chi connectivity index (χ0v) is 15.3. The molecule has 0 aliphatic carbocycles. The van der Waals surface area contributed by atoms with E-state index in [0.29, 0.717) is 11.3 Å². The Morgan fingerprint density at radius 2 is 1.86 bits per heavy atom. The summed E-state index contributed by atoms with van der Waals surface area (Å²) in [4.78, 5) is 4.68. The third-order valence-corrected chi connectivity index (χ3v) is 5.31. The van der Waals surface area contributed by atoms with Gasteiger partial charge in [0.05, 0.1) is 23.4 Å². The summed E-state index contributed by atoms with van der Waals surface area (Å²) < 4.78 is 38.4. The molecule has 0 amide bonds. The Labute approximate surface area is 161 Å². The van der Waals surface area contributed by atoms with Gasteiger partial charge in [-0.05, 0) is 54.8 Å². The van der Waals surface area contributed by atoms with Crippen LogP contribution in [-0.4, -0.2) is 16.6 Å². The summed E-state index contributed by atoms with van der Waals surface area (Å²) >= 11 is 0. The molecule has 1 atom stereocenters. The first kappa shape index (κ1) is 18.9. The van der Waals surface area contributed by atoms with Crippen molar-refractivity contribution in [1.82, 2.24) is 10.3 Å². The van der Waals surface area contributed by atoms with E-state index in [1.807, 2.05) is 12.1 Å². The van der Waals surface area contributed by atoms with E-state index in [0.717, 1.165) is 60.0 Å². The molecule has 0 spiro atoms. The molecule has 3 nitrogen and oxygen atoms in total. The predicted octanol–water partition coefficient (Wildman–Crippen LogP) is 5.23. The molecule has 6 heteroatoms. The van der Waals surface area contributed by atoms with E-state index in [4.69, 9.17) is 0 Å². The molecule has 146 valence electrons. The topological polar surface area (TPSA) is 45.2 Å². The number of nitrogens with one attached hydrogen (secondary N) is 1. The lowest BCUT2D eigenvalue weighted by Crippen LogP contribution is -2.27. The number of nitrogens with zero attached hydrogens (tertiary/aromatic N) is 1. The number of pyridine rings is 1. The number of alkyl halides is 3. The predicted molar refractivity (Wildman–Crippen MR) is 103 cm³/mol. The fourth-order valence-electron chi connectivity index (χ4n) is 3.91. The summed E-state index contributed by atoms with van der Waals surface area (Å²) in [5.74, 6) is 0. The number of fused-ring (bicyclic) bond motifs is 1. The maximum absolute atomic E-state index is 12.8. The van der Waals surface area contributed by atoms with Gasteiger partial charge in [0.15, 0.2) is 0 Å². The molecule has 2 aromatic carbocycles. The van der Waals surface area contributed by atoms with Gasteiger partial charge in [0.2, 0.25) is 0 Å². The Kier molecular flexibility index (Phi) is 5.08. The highest BCUT2D eigenvalue weighted by Gasteiger charge is 2.30. The first-order valence-electron chi connectivity index (χ1n) is 9.42. The van der Waals surface area contributed by atoms with Gasteiger partial charge in [-0.25, -0.2) is 4.98 Å². The molecule has 0 saturated carbocycles. The van der Waals surface area contributed by atoms with Crippen LogP contribution in [0.4, 0.5) is 13.2 Å². The standard InChI is InChI=1S/C22H21F3N2O/c23-22(24,25)16-9-7-14(8-10-16)20-12-15(13-28)21-17(4-3-6-19(21)27-20)18-5-1-2-11-26-18/h3-4,6-10,12,18,26,28H,1-2,5,11,13H2. The van der Waals surface area contributed by atoms with Crippen molar-refractivity contribution < 1.29 is 18.3 Å². The van der Waals surface area contributed by atoms with Crippen LogP contribution in [0.1, 0.15) is 42.0 Å². The summed E-state index contributed by atoms with van der Waals surface area (Å²) in [6.07, 6.45) is -1.03. The lowest BCUT2D eigenvalue weighted by Gasteiger charge is -2.25. The Morgan fingerprint density at radius 1 is 1.07 bits per heavy atom. The second kappa shape index (κ2) is 7.53. The molecule has 2 heterocycles. The van der Waals surface area contributed by atoms with Crippen LogP contribution in [0.3, 0.4) is 0 Å². The molecule has 1 aliphatic heterocycles. The highest BCUT2D eigenvalue weighted by Crippen LogP contribution is 2.34. The smallest absolute Gasteiger partial charge is 0.392 e. The lowest BCUT2D eigenvalue weighted by molar-refractivity contribution is -0.137. The van der Waals surface area contributed by atoms with Crippen molar-refractivity contribution in [2.45, 2.75) is 38.1 Å². The van der Waals surface area contributed by atoms with E-state index in [-0.39, 0.29) is 12.6 Å². The molecule has 4 rings (SSSR count). The summed E-state index contributed by atoms with van der Waals surface area (Å²) in [5.41, 5.74) is 3.05. The minimum Gasteiger partial charge on any atom is -0.392 e. The molecule has 2 N–H and O–H groups in total. The number of halogens is 3. The minimum absolute atomic E-state index is 0.156. The Bertz CT molecular complexity index is 977. The maximum atomic E-state index is 12.8. The van der Waals surface area contributed by atoms with E-state index in [9.17, 15) is 18.3 Å². The van der Waals surface area contributed by atoms with Gasteiger partial charge in [-0.2, -0.15) is 13.2 Å². The van der Waals surface area contributed by atoms with E-state index in [1.54, 1.807) is 6.07 Å². The monoisotopic (exact) mass is 386 g/mol. The largest absolute Gasteiger partial charge is 0.416 e. The number of aliphatic hydroxyl groups is 1. The van der Waals surface area contributed by atoms with Crippen LogP contribution in [0.2, 0.25) is 0 Å². The fourth-order valence-corrected chi connectivity index (χ4v) is 3.91. The quantitative estimate of drug-likeness (QED) is 0.648. The molecule has 1 saturated heterocycles. The van der Waals surface area contributed by atoms with Gasteiger partial charge in [0.25, 0.3) is 0 Å². The van der Waals surface area contributed by atoms with Gasteiger partial charge in [0.1, 0.15) is 0 Å². The van der Waals surface area contributed by atoms with Crippen LogP contribution in [0.5, 0.6) is 0 Å².